The van der Waals surface area contributed by atoms with Gasteiger partial charge < -0.3 is 0 Å². The van der Waals surface area contributed by atoms with Crippen molar-refractivity contribution in [1.82, 2.24) is 31.7 Å². The molecular formula is C18H36BrN6O3. The molecule has 0 spiro atoms. The van der Waals surface area contributed by atoms with Crippen LogP contribution in [-0.4, -0.2) is 70.8 Å². The number of alkyl halides is 1. The van der Waals surface area contributed by atoms with Crippen molar-refractivity contribution in [2.24, 2.45) is 17.8 Å². The first kappa shape index (κ1) is 26.8. The van der Waals surface area contributed by atoms with Crippen molar-refractivity contribution in [2.75, 3.05) is 38.1 Å². The van der Waals surface area contributed by atoms with Gasteiger partial charge in [-0.25, -0.2) is 10.0 Å². The Balaban J connectivity index is 4.99. The van der Waals surface area contributed by atoms with Gasteiger partial charge in [-0.05, 0) is 17.8 Å². The lowest BCUT2D eigenvalue weighted by Gasteiger charge is -2.30. The topological polar surface area (TPSA) is 109 Å². The fourth-order valence-corrected chi connectivity index (χ4v) is 2.61. The summed E-state index contributed by atoms with van der Waals surface area (Å²) >= 11 is 3.07. The zero-order valence-corrected chi connectivity index (χ0v) is 19.5. The number of carbonyl (C=O) groups is 3. The van der Waals surface area contributed by atoms with Gasteiger partial charge in [-0.1, -0.05) is 57.5 Å². The number of nitrogens with zero attached hydrogens (tertiary/aromatic N) is 3. The molecule has 0 heterocycles. The minimum Gasteiger partial charge on any atom is -0.287 e. The Bertz CT molecular complexity index is 502. The molecule has 0 aromatic heterocycles. The average molecular weight is 464 g/mol. The molecule has 9 nitrogen and oxygen atoms in total. The minimum absolute atomic E-state index is 0.0681. The minimum atomic E-state index is -0.344. The van der Waals surface area contributed by atoms with Gasteiger partial charge in [-0.2, -0.15) is 5.84 Å². The van der Waals surface area contributed by atoms with Crippen molar-refractivity contribution in [3.05, 3.63) is 0 Å². The van der Waals surface area contributed by atoms with E-state index in [1.54, 1.807) is 5.01 Å². The van der Waals surface area contributed by atoms with Crippen molar-refractivity contribution in [1.29, 1.82) is 0 Å². The smallest absolute Gasteiger partial charge is 0.257 e. The molecule has 0 aliphatic carbocycles. The van der Waals surface area contributed by atoms with Crippen LogP contribution in [0.5, 0.6) is 0 Å². The first-order valence-corrected chi connectivity index (χ1v) is 10.7. The molecule has 0 aromatic carbocycles. The van der Waals surface area contributed by atoms with E-state index < -0.39 is 0 Å². The van der Waals surface area contributed by atoms with E-state index in [9.17, 15) is 14.4 Å². The van der Waals surface area contributed by atoms with Gasteiger partial charge in [0.25, 0.3) is 5.91 Å². The van der Waals surface area contributed by atoms with Gasteiger partial charge in [-0.3, -0.25) is 30.2 Å². The summed E-state index contributed by atoms with van der Waals surface area (Å²) in [4.78, 5) is 36.7. The molecule has 0 atom stereocenters. The predicted octanol–water partition coefficient (Wildman–Crippen LogP) is 1.04. The average Bonchev–Trinajstić information content (AvgIpc) is 2.51. The molecule has 10 heteroatoms. The molecular weight excluding hydrogens is 428 g/mol. The molecule has 0 saturated heterocycles. The summed E-state index contributed by atoms with van der Waals surface area (Å²) in [6, 6.07) is 0. The van der Waals surface area contributed by atoms with Crippen LogP contribution in [0.1, 0.15) is 41.5 Å². The summed E-state index contributed by atoms with van der Waals surface area (Å²) in [6.45, 7) is 13.0. The zero-order valence-electron chi connectivity index (χ0n) is 17.9. The Labute approximate surface area is 177 Å². The van der Waals surface area contributed by atoms with Crippen LogP contribution in [0.4, 0.5) is 0 Å². The summed E-state index contributed by atoms with van der Waals surface area (Å²) in [6.07, 6.45) is 0. The quantitative estimate of drug-likeness (QED) is 0.332. The fraction of sp³-hybridized carbons (Fsp3) is 0.833. The third kappa shape index (κ3) is 13.0. The Morgan fingerprint density at radius 1 is 0.821 bits per heavy atom. The molecule has 1 radical (unpaired) electrons. The lowest BCUT2D eigenvalue weighted by Crippen LogP contribution is -2.55. The molecule has 28 heavy (non-hydrogen) atoms. The molecule has 0 unspecified atom stereocenters. The van der Waals surface area contributed by atoms with Crippen LogP contribution in [0.15, 0.2) is 0 Å². The Morgan fingerprint density at radius 3 is 1.82 bits per heavy atom. The van der Waals surface area contributed by atoms with Gasteiger partial charge in [0.05, 0.1) is 18.4 Å². The van der Waals surface area contributed by atoms with E-state index in [1.807, 2.05) is 41.5 Å². The van der Waals surface area contributed by atoms with Crippen molar-refractivity contribution in [3.8, 4) is 0 Å². The zero-order chi connectivity index (χ0) is 21.9. The lowest BCUT2D eigenvalue weighted by atomic mass is 10.2. The second-order valence-electron chi connectivity index (χ2n) is 8.15. The number of carbonyl (C=O) groups excluding carboxylic acids is 3. The first-order valence-electron chi connectivity index (χ1n) is 9.60. The summed E-state index contributed by atoms with van der Waals surface area (Å²) in [5.41, 5.74) is 5.31. The highest BCUT2D eigenvalue weighted by molar-refractivity contribution is 9.09. The van der Waals surface area contributed by atoms with Gasteiger partial charge in [-0.15, -0.1) is 0 Å². The molecule has 163 valence electrons. The SMILES string of the molecule is CC(C)CN([NH])CC(=O)NN(CC(=O)N(CC(C)C)NC(=O)CBr)CC(C)C. The van der Waals surface area contributed by atoms with Crippen LogP contribution in [0.2, 0.25) is 0 Å². The Morgan fingerprint density at radius 2 is 1.36 bits per heavy atom. The number of halogens is 1. The number of hydrogen-bond donors (Lipinski definition) is 2. The standard InChI is InChI=1S/C18H36BrN6O3/c1-13(2)8-23(20)11-17(27)21-24(9-14(3)4)12-18(28)25(10-15(5)6)22-16(26)7-19/h13-15,20H,7-12H2,1-6H3,(H,21,27)(H,22,26). The molecule has 0 aromatic rings. The second-order valence-corrected chi connectivity index (χ2v) is 8.71. The maximum Gasteiger partial charge on any atom is 0.257 e. The first-order chi connectivity index (χ1) is 12.9. The van der Waals surface area contributed by atoms with Crippen LogP contribution in [0.3, 0.4) is 0 Å². The molecule has 3 N–H and O–H groups in total. The van der Waals surface area contributed by atoms with Crippen LogP contribution in [0, 0.1) is 17.8 Å². The van der Waals surface area contributed by atoms with Gasteiger partial charge in [0.1, 0.15) is 0 Å². The van der Waals surface area contributed by atoms with E-state index in [1.165, 1.54) is 10.0 Å². The summed E-state index contributed by atoms with van der Waals surface area (Å²) in [7, 11) is 0. The number of nitrogens with one attached hydrogen (secondary N) is 3. The van der Waals surface area contributed by atoms with Crippen molar-refractivity contribution < 1.29 is 14.4 Å². The van der Waals surface area contributed by atoms with E-state index in [-0.39, 0.29) is 53.9 Å². The predicted molar refractivity (Wildman–Crippen MR) is 113 cm³/mol. The Hall–Kier alpha value is -1.23. The molecule has 3 amide bonds. The lowest BCUT2D eigenvalue weighted by molar-refractivity contribution is -0.144. The highest BCUT2D eigenvalue weighted by Gasteiger charge is 2.22. The molecule has 0 saturated carbocycles. The highest BCUT2D eigenvalue weighted by Crippen LogP contribution is 2.02. The molecule has 0 fully saturated rings. The van der Waals surface area contributed by atoms with Gasteiger partial charge >= 0.3 is 0 Å². The maximum absolute atomic E-state index is 12.7. The van der Waals surface area contributed by atoms with E-state index in [0.717, 1.165) is 0 Å². The van der Waals surface area contributed by atoms with E-state index >= 15 is 0 Å². The third-order valence-electron chi connectivity index (χ3n) is 3.34. The number of rotatable bonds is 12. The fourth-order valence-electron chi connectivity index (χ4n) is 2.48. The van der Waals surface area contributed by atoms with E-state index in [0.29, 0.717) is 19.6 Å². The molecule has 0 aliphatic rings. The van der Waals surface area contributed by atoms with Crippen molar-refractivity contribution in [3.63, 3.8) is 0 Å². The van der Waals surface area contributed by atoms with Crippen LogP contribution in [-0.2, 0) is 14.4 Å². The Kier molecular flexibility index (Phi) is 13.3. The monoisotopic (exact) mass is 463 g/mol. The number of amides is 3. The molecule has 0 bridgehead atoms. The van der Waals surface area contributed by atoms with Crippen LogP contribution < -0.4 is 16.7 Å². The van der Waals surface area contributed by atoms with Crippen LogP contribution in [0.25, 0.3) is 0 Å². The molecule has 0 aliphatic heterocycles. The number of hydrazine groups is 2. The van der Waals surface area contributed by atoms with Gasteiger partial charge in [0, 0.05) is 19.6 Å². The molecule has 0 rings (SSSR count). The highest BCUT2D eigenvalue weighted by atomic mass is 79.9. The maximum atomic E-state index is 12.7. The van der Waals surface area contributed by atoms with E-state index in [4.69, 9.17) is 5.84 Å². The van der Waals surface area contributed by atoms with E-state index in [2.05, 4.69) is 26.8 Å². The second kappa shape index (κ2) is 13.9. The van der Waals surface area contributed by atoms with Gasteiger partial charge in [0.15, 0.2) is 0 Å². The van der Waals surface area contributed by atoms with Crippen molar-refractivity contribution in [2.45, 2.75) is 41.5 Å². The summed E-state index contributed by atoms with van der Waals surface area (Å²) < 4.78 is 0. The normalized spacial score (nSPS) is 11.6. The number of hydrogen-bond acceptors (Lipinski definition) is 5. The van der Waals surface area contributed by atoms with Crippen LogP contribution >= 0.6 is 15.9 Å². The van der Waals surface area contributed by atoms with Crippen molar-refractivity contribution >= 4 is 33.7 Å². The third-order valence-corrected chi connectivity index (χ3v) is 3.85. The largest absolute Gasteiger partial charge is 0.287 e. The summed E-state index contributed by atoms with van der Waals surface area (Å²) in [5, 5.41) is 4.14. The van der Waals surface area contributed by atoms with Gasteiger partial charge in [0.2, 0.25) is 11.8 Å². The summed E-state index contributed by atoms with van der Waals surface area (Å²) in [5.74, 6) is 7.52.